The van der Waals surface area contributed by atoms with Crippen LogP contribution >= 0.6 is 0 Å². The summed E-state index contributed by atoms with van der Waals surface area (Å²) in [4.78, 5) is 0. The molecule has 1 fully saturated rings. The lowest BCUT2D eigenvalue weighted by molar-refractivity contribution is 0.00172. The van der Waals surface area contributed by atoms with Gasteiger partial charge in [0.05, 0.1) is 5.60 Å². The summed E-state index contributed by atoms with van der Waals surface area (Å²) in [5.74, 6) is 0. The second-order valence-electron chi connectivity index (χ2n) is 5.75. The Labute approximate surface area is 87.7 Å². The van der Waals surface area contributed by atoms with E-state index in [1.165, 1.54) is 0 Å². The molecule has 0 amide bonds. The topological polar surface area (TPSA) is 29.5 Å². The molecule has 1 unspecified atom stereocenters. The fourth-order valence-electron chi connectivity index (χ4n) is 1.85. The van der Waals surface area contributed by atoms with Gasteiger partial charge in [-0.25, -0.2) is 0 Å². The number of aliphatic hydroxyl groups is 1. The summed E-state index contributed by atoms with van der Waals surface area (Å²) in [5, 5.41) is 10.3. The van der Waals surface area contributed by atoms with Crippen LogP contribution in [0.1, 0.15) is 52.9 Å². The largest absolute Gasteiger partial charge is 0.390 e. The van der Waals surface area contributed by atoms with Crippen molar-refractivity contribution < 1.29 is 9.84 Å². The average molecular weight is 200 g/mol. The summed E-state index contributed by atoms with van der Waals surface area (Å²) >= 11 is 0. The van der Waals surface area contributed by atoms with Crippen molar-refractivity contribution in [1.82, 2.24) is 0 Å². The summed E-state index contributed by atoms with van der Waals surface area (Å²) in [6, 6.07) is 0. The van der Waals surface area contributed by atoms with E-state index in [4.69, 9.17) is 4.74 Å². The first kappa shape index (κ1) is 12.0. The maximum Gasteiger partial charge on any atom is 0.0670 e. The van der Waals surface area contributed by atoms with Gasteiger partial charge >= 0.3 is 0 Å². The van der Waals surface area contributed by atoms with Crippen LogP contribution in [0.5, 0.6) is 0 Å². The Morgan fingerprint density at radius 2 is 1.93 bits per heavy atom. The Balaban J connectivity index is 2.39. The van der Waals surface area contributed by atoms with E-state index in [0.29, 0.717) is 5.41 Å². The van der Waals surface area contributed by atoms with Crippen LogP contribution in [-0.4, -0.2) is 23.9 Å². The second kappa shape index (κ2) is 4.63. The minimum Gasteiger partial charge on any atom is -0.390 e. The van der Waals surface area contributed by atoms with Crippen molar-refractivity contribution in [2.75, 3.05) is 13.2 Å². The van der Waals surface area contributed by atoms with E-state index in [1.807, 2.05) is 0 Å². The maximum atomic E-state index is 10.3. The first-order valence-corrected chi connectivity index (χ1v) is 5.72. The van der Waals surface area contributed by atoms with Crippen LogP contribution in [0.4, 0.5) is 0 Å². The van der Waals surface area contributed by atoms with Crippen molar-refractivity contribution in [2.45, 2.75) is 58.5 Å². The van der Waals surface area contributed by atoms with Gasteiger partial charge in [-0.1, -0.05) is 20.8 Å². The molecular formula is C12H24O2. The summed E-state index contributed by atoms with van der Waals surface area (Å²) in [7, 11) is 0. The van der Waals surface area contributed by atoms with Gasteiger partial charge in [-0.15, -0.1) is 0 Å². The zero-order valence-corrected chi connectivity index (χ0v) is 9.81. The number of hydrogen-bond acceptors (Lipinski definition) is 2. The Bertz CT molecular complexity index is 162. The Hall–Kier alpha value is -0.0800. The van der Waals surface area contributed by atoms with Crippen LogP contribution in [-0.2, 0) is 4.74 Å². The van der Waals surface area contributed by atoms with E-state index in [9.17, 15) is 5.11 Å². The SMILES string of the molecule is CC(C)(C)CCC1(O)CCCOCC1. The highest BCUT2D eigenvalue weighted by atomic mass is 16.5. The highest BCUT2D eigenvalue weighted by Crippen LogP contribution is 2.31. The van der Waals surface area contributed by atoms with Crippen LogP contribution < -0.4 is 0 Å². The van der Waals surface area contributed by atoms with E-state index in [-0.39, 0.29) is 0 Å². The Morgan fingerprint density at radius 3 is 2.57 bits per heavy atom. The molecule has 14 heavy (non-hydrogen) atoms. The molecule has 2 heteroatoms. The van der Waals surface area contributed by atoms with E-state index < -0.39 is 5.60 Å². The summed E-state index contributed by atoms with van der Waals surface area (Å²) in [5.41, 5.74) is -0.132. The quantitative estimate of drug-likeness (QED) is 0.742. The molecule has 0 aromatic rings. The van der Waals surface area contributed by atoms with E-state index in [2.05, 4.69) is 20.8 Å². The van der Waals surface area contributed by atoms with Gasteiger partial charge in [0.2, 0.25) is 0 Å². The van der Waals surface area contributed by atoms with Gasteiger partial charge in [0, 0.05) is 13.2 Å². The molecule has 0 spiro atoms. The third-order valence-corrected chi connectivity index (χ3v) is 2.98. The molecule has 1 aliphatic rings. The maximum absolute atomic E-state index is 10.3. The second-order valence-corrected chi connectivity index (χ2v) is 5.75. The monoisotopic (exact) mass is 200 g/mol. The smallest absolute Gasteiger partial charge is 0.0670 e. The summed E-state index contributed by atoms with van der Waals surface area (Å²) < 4.78 is 5.36. The lowest BCUT2D eigenvalue weighted by Crippen LogP contribution is -2.30. The van der Waals surface area contributed by atoms with Crippen LogP contribution in [0.15, 0.2) is 0 Å². The first-order valence-electron chi connectivity index (χ1n) is 5.72. The molecule has 0 aliphatic carbocycles. The molecule has 1 heterocycles. The molecule has 1 rings (SSSR count). The fourth-order valence-corrected chi connectivity index (χ4v) is 1.85. The molecule has 1 atom stereocenters. The van der Waals surface area contributed by atoms with Crippen molar-refractivity contribution >= 4 is 0 Å². The predicted molar refractivity (Wildman–Crippen MR) is 58.3 cm³/mol. The summed E-state index contributed by atoms with van der Waals surface area (Å²) in [6.07, 6.45) is 4.72. The number of ether oxygens (including phenoxy) is 1. The molecule has 1 saturated heterocycles. The van der Waals surface area contributed by atoms with Gasteiger partial charge in [0.25, 0.3) is 0 Å². The lowest BCUT2D eigenvalue weighted by atomic mass is 9.82. The van der Waals surface area contributed by atoms with Crippen LogP contribution in [0.3, 0.4) is 0 Å². The zero-order valence-electron chi connectivity index (χ0n) is 9.81. The minimum absolute atomic E-state index is 0.322. The van der Waals surface area contributed by atoms with E-state index in [0.717, 1.165) is 45.3 Å². The van der Waals surface area contributed by atoms with E-state index in [1.54, 1.807) is 0 Å². The van der Waals surface area contributed by atoms with Crippen molar-refractivity contribution in [3.05, 3.63) is 0 Å². The summed E-state index contributed by atoms with van der Waals surface area (Å²) in [6.45, 7) is 8.22. The van der Waals surface area contributed by atoms with Gasteiger partial charge in [0.1, 0.15) is 0 Å². The van der Waals surface area contributed by atoms with Crippen LogP contribution in [0.2, 0.25) is 0 Å². The van der Waals surface area contributed by atoms with Crippen molar-refractivity contribution in [2.24, 2.45) is 5.41 Å². The molecule has 1 aliphatic heterocycles. The first-order chi connectivity index (χ1) is 6.41. The molecular weight excluding hydrogens is 176 g/mol. The van der Waals surface area contributed by atoms with E-state index >= 15 is 0 Å². The van der Waals surface area contributed by atoms with Gasteiger partial charge in [0.15, 0.2) is 0 Å². The highest BCUT2D eigenvalue weighted by molar-refractivity contribution is 4.82. The molecule has 0 aromatic heterocycles. The van der Waals surface area contributed by atoms with Crippen LogP contribution in [0.25, 0.3) is 0 Å². The molecule has 0 bridgehead atoms. The fraction of sp³-hybridized carbons (Fsp3) is 1.00. The average Bonchev–Trinajstić information content (AvgIpc) is 2.27. The number of hydrogen-bond donors (Lipinski definition) is 1. The minimum atomic E-state index is -0.455. The Morgan fingerprint density at radius 1 is 1.21 bits per heavy atom. The standard InChI is InChI=1S/C12H24O2/c1-11(2,3)6-7-12(13)5-4-9-14-10-8-12/h13H,4-10H2,1-3H3. The molecule has 0 aromatic carbocycles. The highest BCUT2D eigenvalue weighted by Gasteiger charge is 2.29. The molecule has 84 valence electrons. The molecule has 1 N–H and O–H groups in total. The molecule has 0 radical (unpaired) electrons. The lowest BCUT2D eigenvalue weighted by Gasteiger charge is -2.29. The normalized spacial score (nSPS) is 30.0. The third-order valence-electron chi connectivity index (χ3n) is 2.98. The van der Waals surface area contributed by atoms with Crippen molar-refractivity contribution in [3.63, 3.8) is 0 Å². The van der Waals surface area contributed by atoms with Gasteiger partial charge in [-0.2, -0.15) is 0 Å². The third kappa shape index (κ3) is 4.43. The predicted octanol–water partition coefficient (Wildman–Crippen LogP) is 2.74. The van der Waals surface area contributed by atoms with Gasteiger partial charge in [-0.3, -0.25) is 0 Å². The van der Waals surface area contributed by atoms with Gasteiger partial charge < -0.3 is 9.84 Å². The molecule has 2 nitrogen and oxygen atoms in total. The number of rotatable bonds is 2. The molecule has 0 saturated carbocycles. The van der Waals surface area contributed by atoms with Crippen LogP contribution in [0, 0.1) is 5.41 Å². The van der Waals surface area contributed by atoms with Crippen molar-refractivity contribution in [1.29, 1.82) is 0 Å². The Kier molecular flexibility index (Phi) is 3.96. The zero-order chi connectivity index (χ0) is 10.7. The van der Waals surface area contributed by atoms with Gasteiger partial charge in [-0.05, 0) is 37.5 Å². The van der Waals surface area contributed by atoms with Crippen molar-refractivity contribution in [3.8, 4) is 0 Å².